The van der Waals surface area contributed by atoms with Gasteiger partial charge in [-0.05, 0) is 82.1 Å². The summed E-state index contributed by atoms with van der Waals surface area (Å²) in [5, 5.41) is 0. The normalized spacial score (nSPS) is 12.8. The van der Waals surface area contributed by atoms with Crippen LogP contribution >= 0.6 is 0 Å². The Morgan fingerprint density at radius 3 is 1.60 bits per heavy atom. The highest BCUT2D eigenvalue weighted by Gasteiger charge is 2.42. The van der Waals surface area contributed by atoms with Crippen LogP contribution in [0, 0.1) is 0 Å². The smallest absolute Gasteiger partial charge is 0.252 e. The first kappa shape index (κ1) is 25.6. The minimum absolute atomic E-state index is 0.0827. The van der Waals surface area contributed by atoms with Gasteiger partial charge in [-0.25, -0.2) is 9.97 Å². The Morgan fingerprint density at radius 1 is 0.400 bits per heavy atom. The van der Waals surface area contributed by atoms with E-state index < -0.39 is 0 Å². The van der Waals surface area contributed by atoms with Gasteiger partial charge >= 0.3 is 0 Å². The molecule has 5 heteroatoms. The average Bonchev–Trinajstić information content (AvgIpc) is 3.12. The van der Waals surface area contributed by atoms with Gasteiger partial charge in [0.15, 0.2) is 5.82 Å². The number of rotatable bonds is 4. The zero-order chi connectivity index (χ0) is 29.7. The van der Waals surface area contributed by atoms with Gasteiger partial charge in [0.25, 0.3) is 6.71 Å². The lowest BCUT2D eigenvalue weighted by atomic mass is 9.33. The summed E-state index contributed by atoms with van der Waals surface area (Å²) < 4.78 is 0. The van der Waals surface area contributed by atoms with Gasteiger partial charge in [-0.15, -0.1) is 0 Å². The molecule has 0 saturated carbocycles. The quantitative estimate of drug-likeness (QED) is 0.200. The van der Waals surface area contributed by atoms with Crippen LogP contribution in [0.3, 0.4) is 0 Å². The molecule has 0 spiro atoms. The highest BCUT2D eigenvalue weighted by Crippen LogP contribution is 2.44. The monoisotopic (exact) mass is 574 g/mol. The van der Waals surface area contributed by atoms with Crippen molar-refractivity contribution in [1.29, 1.82) is 0 Å². The molecule has 3 heterocycles. The number of nitrogens with zero attached hydrogens (tertiary/aromatic N) is 4. The molecule has 0 unspecified atom stereocenters. The molecular formula is C40H27BN4. The fraction of sp³-hybridized carbons (Fsp3) is 0. The predicted octanol–water partition coefficient (Wildman–Crippen LogP) is 7.89. The maximum Gasteiger partial charge on any atom is 0.252 e. The molecule has 2 aliphatic heterocycles. The highest BCUT2D eigenvalue weighted by molar-refractivity contribution is 7.00. The Hall–Kier alpha value is -5.94. The molecule has 0 fully saturated rings. The maximum absolute atomic E-state index is 4.43. The summed E-state index contributed by atoms with van der Waals surface area (Å²) in [7, 11) is 0. The predicted molar refractivity (Wildman–Crippen MR) is 187 cm³/mol. The molecule has 0 saturated heterocycles. The van der Waals surface area contributed by atoms with E-state index in [0.717, 1.165) is 28.3 Å². The summed E-state index contributed by atoms with van der Waals surface area (Å²) in [6.07, 6.45) is 3.57. The zero-order valence-electron chi connectivity index (χ0n) is 24.5. The molecule has 4 nitrogen and oxygen atoms in total. The molecule has 0 radical (unpaired) electrons. The van der Waals surface area contributed by atoms with Gasteiger partial charge in [0.05, 0.1) is 0 Å². The number of hydrogen-bond acceptors (Lipinski definition) is 4. The lowest BCUT2D eigenvalue weighted by Crippen LogP contribution is -2.61. The van der Waals surface area contributed by atoms with Crippen molar-refractivity contribution in [2.75, 3.05) is 9.80 Å². The molecule has 1 aromatic heterocycles. The topological polar surface area (TPSA) is 32.3 Å². The Kier molecular flexibility index (Phi) is 5.88. The largest absolute Gasteiger partial charge is 0.311 e. The highest BCUT2D eigenvalue weighted by atomic mass is 15.2. The molecule has 0 amide bonds. The standard InChI is InChI=1S/C40H27BN4/c1-3-11-31(12-4-1)44-35-16-8-7-15-33(35)41-34-27-30(28-19-21-29(22-20-28)40-42-25-10-26-43-40)23-24-36(34)45(32-13-5-2-6-14-32)38-18-9-17-37(44)39(38)41/h1-27H. The van der Waals surface area contributed by atoms with Crippen molar-refractivity contribution in [2.24, 2.45) is 0 Å². The summed E-state index contributed by atoms with van der Waals surface area (Å²) in [6.45, 7) is 0.0827. The summed E-state index contributed by atoms with van der Waals surface area (Å²) in [5.41, 5.74) is 14.4. The van der Waals surface area contributed by atoms with Gasteiger partial charge < -0.3 is 9.80 Å². The first-order valence-electron chi connectivity index (χ1n) is 15.3. The van der Waals surface area contributed by atoms with Crippen molar-refractivity contribution < 1.29 is 0 Å². The van der Waals surface area contributed by atoms with Crippen molar-refractivity contribution in [1.82, 2.24) is 9.97 Å². The van der Waals surface area contributed by atoms with E-state index in [2.05, 4.69) is 165 Å². The van der Waals surface area contributed by atoms with Crippen molar-refractivity contribution in [3.63, 3.8) is 0 Å². The Balaban J connectivity index is 1.27. The minimum Gasteiger partial charge on any atom is -0.311 e. The number of fused-ring (bicyclic) bond motifs is 4. The van der Waals surface area contributed by atoms with Crippen molar-refractivity contribution >= 4 is 57.2 Å². The number of benzene rings is 6. The van der Waals surface area contributed by atoms with Crippen LogP contribution in [0.25, 0.3) is 22.5 Å². The third-order valence-corrected chi connectivity index (χ3v) is 8.97. The van der Waals surface area contributed by atoms with Crippen LogP contribution in [0.5, 0.6) is 0 Å². The first-order valence-corrected chi connectivity index (χ1v) is 15.3. The van der Waals surface area contributed by atoms with E-state index in [9.17, 15) is 0 Å². The van der Waals surface area contributed by atoms with Gasteiger partial charge in [-0.2, -0.15) is 0 Å². The van der Waals surface area contributed by atoms with E-state index >= 15 is 0 Å². The van der Waals surface area contributed by atoms with Crippen molar-refractivity contribution in [2.45, 2.75) is 0 Å². The van der Waals surface area contributed by atoms with Gasteiger partial charge in [-0.3, -0.25) is 0 Å². The maximum atomic E-state index is 4.43. The van der Waals surface area contributed by atoms with Gasteiger partial charge in [0, 0.05) is 52.1 Å². The van der Waals surface area contributed by atoms with E-state index in [-0.39, 0.29) is 6.71 Å². The summed E-state index contributed by atoms with van der Waals surface area (Å²) in [4.78, 5) is 13.7. The molecule has 9 rings (SSSR count). The SMILES string of the molecule is c1ccc(N2c3ccccc3B3c4cc(-c5ccc(-c6ncccn6)cc5)ccc4N(c4ccccc4)c4cccc2c43)cc1. The first-order chi connectivity index (χ1) is 22.3. The molecular weight excluding hydrogens is 547 g/mol. The molecule has 2 aliphatic rings. The Morgan fingerprint density at radius 2 is 0.933 bits per heavy atom. The van der Waals surface area contributed by atoms with Crippen LogP contribution in [0.15, 0.2) is 164 Å². The van der Waals surface area contributed by atoms with E-state index in [1.807, 2.05) is 6.07 Å². The molecule has 6 aromatic carbocycles. The second kappa shape index (κ2) is 10.4. The second-order valence-corrected chi connectivity index (χ2v) is 11.5. The number of anilines is 6. The van der Waals surface area contributed by atoms with E-state index in [1.165, 1.54) is 44.7 Å². The summed E-state index contributed by atoms with van der Waals surface area (Å²) in [5.74, 6) is 0.735. The molecule has 0 atom stereocenters. The van der Waals surface area contributed by atoms with Crippen LogP contribution in [0.1, 0.15) is 0 Å². The van der Waals surface area contributed by atoms with Crippen molar-refractivity contribution in [3.05, 3.63) is 164 Å². The molecule has 0 aliphatic carbocycles. The molecule has 7 aromatic rings. The van der Waals surface area contributed by atoms with Crippen molar-refractivity contribution in [3.8, 4) is 22.5 Å². The summed E-state index contributed by atoms with van der Waals surface area (Å²) in [6, 6.07) is 54.4. The van der Waals surface area contributed by atoms with Crippen LogP contribution in [-0.4, -0.2) is 16.7 Å². The van der Waals surface area contributed by atoms with E-state index in [4.69, 9.17) is 0 Å². The molecule has 210 valence electrons. The Labute approximate surface area is 263 Å². The van der Waals surface area contributed by atoms with Gasteiger partial charge in [0.2, 0.25) is 0 Å². The van der Waals surface area contributed by atoms with Gasteiger partial charge in [0.1, 0.15) is 0 Å². The van der Waals surface area contributed by atoms with Gasteiger partial charge in [-0.1, -0.05) is 97.1 Å². The van der Waals surface area contributed by atoms with E-state index in [1.54, 1.807) is 12.4 Å². The Bertz CT molecular complexity index is 2150. The fourth-order valence-electron chi connectivity index (χ4n) is 7.04. The number of hydrogen-bond donors (Lipinski definition) is 0. The summed E-state index contributed by atoms with van der Waals surface area (Å²) >= 11 is 0. The fourth-order valence-corrected chi connectivity index (χ4v) is 7.04. The molecule has 45 heavy (non-hydrogen) atoms. The van der Waals surface area contributed by atoms with Crippen LogP contribution in [-0.2, 0) is 0 Å². The van der Waals surface area contributed by atoms with E-state index in [0.29, 0.717) is 0 Å². The molecule has 0 N–H and O–H groups in total. The average molecular weight is 574 g/mol. The number of para-hydroxylation sites is 3. The van der Waals surface area contributed by atoms with Crippen LogP contribution in [0.4, 0.5) is 34.1 Å². The third kappa shape index (κ3) is 4.09. The lowest BCUT2D eigenvalue weighted by Gasteiger charge is -2.44. The van der Waals surface area contributed by atoms with Crippen LogP contribution in [0.2, 0.25) is 0 Å². The second-order valence-electron chi connectivity index (χ2n) is 11.5. The third-order valence-electron chi connectivity index (χ3n) is 8.97. The number of aromatic nitrogens is 2. The molecule has 0 bridgehead atoms. The lowest BCUT2D eigenvalue weighted by molar-refractivity contribution is 1.18. The van der Waals surface area contributed by atoms with Crippen LogP contribution < -0.4 is 26.2 Å². The minimum atomic E-state index is 0.0827. The zero-order valence-corrected chi connectivity index (χ0v) is 24.5.